The van der Waals surface area contributed by atoms with Gasteiger partial charge >= 0.3 is 0 Å². The Morgan fingerprint density at radius 3 is 2.94 bits per heavy atom. The smallest absolute Gasteiger partial charge is 0.102 e. The number of fused-ring (bicyclic) bond motifs is 2. The molecular weight excluding hydrogens is 435 g/mol. The van der Waals surface area contributed by atoms with Crippen LogP contribution in [0.1, 0.15) is 69.8 Å². The van der Waals surface area contributed by atoms with Crippen LogP contribution in [-0.2, 0) is 4.74 Å². The van der Waals surface area contributed by atoms with Crippen LogP contribution in [0.2, 0.25) is 0 Å². The van der Waals surface area contributed by atoms with Gasteiger partial charge in [0.1, 0.15) is 6.67 Å². The Balaban J connectivity index is 1.24. The maximum Gasteiger partial charge on any atom is 0.102 e. The molecule has 3 unspecified atom stereocenters. The highest BCUT2D eigenvalue weighted by molar-refractivity contribution is 5.82. The fourth-order valence-corrected chi connectivity index (χ4v) is 8.94. The minimum absolute atomic E-state index is 0.129. The van der Waals surface area contributed by atoms with E-state index < -0.39 is 0 Å². The molecule has 4 heteroatoms. The molecule has 0 amide bonds. The SMILES string of the molecule is CN(CCF)C1CCC2=CC3=CCC4(C)C(c5ccc6ccncc6c5)CC[C@H]4[C@@]34CC[C@]2(C1)O4. The van der Waals surface area contributed by atoms with Crippen molar-refractivity contribution in [1.29, 1.82) is 0 Å². The van der Waals surface area contributed by atoms with Gasteiger partial charge in [-0.3, -0.25) is 4.98 Å². The Hall–Kier alpha value is -2.04. The first-order chi connectivity index (χ1) is 17.0. The summed E-state index contributed by atoms with van der Waals surface area (Å²) < 4.78 is 20.5. The van der Waals surface area contributed by atoms with E-state index in [9.17, 15) is 4.39 Å². The van der Waals surface area contributed by atoms with Crippen LogP contribution in [0, 0.1) is 11.3 Å². The van der Waals surface area contributed by atoms with Crippen LogP contribution >= 0.6 is 0 Å². The standard InChI is InChI=1S/C31H37FN2O/c1-29-11-9-25-18-24-5-6-26(34(2)16-14-32)19-30(24)12-13-31(25,35-30)28(29)8-7-27(29)22-4-3-21-10-15-33-20-23(21)17-22/h3-4,9-10,15,17-18,20,26-28H,5-8,11-14,16,19H2,1-2H3/t26?,27?,28-,29?,30-,31-/m1/s1. The van der Waals surface area contributed by atoms with Crippen molar-refractivity contribution in [3.63, 3.8) is 0 Å². The van der Waals surface area contributed by atoms with Crippen LogP contribution in [0.15, 0.2) is 60.0 Å². The largest absolute Gasteiger partial charge is 0.359 e. The van der Waals surface area contributed by atoms with E-state index in [0.29, 0.717) is 24.4 Å². The second-order valence-electron chi connectivity index (χ2n) is 12.3. The molecule has 2 saturated carbocycles. The molecule has 184 valence electrons. The van der Waals surface area contributed by atoms with Crippen LogP contribution in [-0.4, -0.2) is 47.4 Å². The number of benzene rings is 1. The van der Waals surface area contributed by atoms with E-state index in [1.807, 2.05) is 12.4 Å². The van der Waals surface area contributed by atoms with E-state index >= 15 is 0 Å². The number of hydrogen-bond acceptors (Lipinski definition) is 3. The lowest BCUT2D eigenvalue weighted by atomic mass is 9.58. The Kier molecular flexibility index (Phi) is 4.90. The van der Waals surface area contributed by atoms with Crippen molar-refractivity contribution in [2.75, 3.05) is 20.3 Å². The van der Waals surface area contributed by atoms with E-state index in [2.05, 4.69) is 60.3 Å². The molecule has 7 rings (SSSR count). The summed E-state index contributed by atoms with van der Waals surface area (Å²) in [6.45, 7) is 2.80. The number of aromatic nitrogens is 1. The third-order valence-corrected chi connectivity index (χ3v) is 10.8. The number of allylic oxidation sites excluding steroid dienone is 1. The van der Waals surface area contributed by atoms with E-state index in [-0.39, 0.29) is 23.3 Å². The van der Waals surface area contributed by atoms with Gasteiger partial charge in [0, 0.05) is 30.4 Å². The summed E-state index contributed by atoms with van der Waals surface area (Å²) in [6, 6.07) is 9.55. The minimum atomic E-state index is -0.271. The summed E-state index contributed by atoms with van der Waals surface area (Å²) in [6.07, 6.45) is 18.0. The zero-order valence-corrected chi connectivity index (χ0v) is 21.1. The van der Waals surface area contributed by atoms with Crippen molar-refractivity contribution < 1.29 is 9.13 Å². The quantitative estimate of drug-likeness (QED) is 0.492. The molecule has 2 aliphatic heterocycles. The van der Waals surface area contributed by atoms with E-state index in [0.717, 1.165) is 38.5 Å². The van der Waals surface area contributed by atoms with Gasteiger partial charge in [-0.15, -0.1) is 0 Å². The number of nitrogens with zero attached hydrogens (tertiary/aromatic N) is 2. The molecule has 3 nitrogen and oxygen atoms in total. The molecule has 3 aliphatic carbocycles. The monoisotopic (exact) mass is 472 g/mol. The van der Waals surface area contributed by atoms with Gasteiger partial charge < -0.3 is 9.64 Å². The number of alkyl halides is 1. The second-order valence-corrected chi connectivity index (χ2v) is 12.3. The van der Waals surface area contributed by atoms with Crippen molar-refractivity contribution in [2.24, 2.45) is 11.3 Å². The molecule has 2 bridgehead atoms. The number of halogens is 1. The molecule has 1 aromatic heterocycles. The molecule has 6 atom stereocenters. The Morgan fingerprint density at radius 1 is 1.14 bits per heavy atom. The summed E-state index contributed by atoms with van der Waals surface area (Å²) in [5, 5.41) is 2.51. The summed E-state index contributed by atoms with van der Waals surface area (Å²) in [4.78, 5) is 6.60. The molecule has 1 aromatic carbocycles. The first-order valence-corrected chi connectivity index (χ1v) is 13.7. The molecular formula is C31H37FN2O. The second kappa shape index (κ2) is 7.73. The highest BCUT2D eigenvalue weighted by Gasteiger charge is 2.66. The van der Waals surface area contributed by atoms with E-state index in [1.54, 1.807) is 0 Å². The van der Waals surface area contributed by atoms with Crippen molar-refractivity contribution in [2.45, 2.75) is 81.5 Å². The van der Waals surface area contributed by atoms with Crippen molar-refractivity contribution in [3.05, 3.63) is 65.5 Å². The lowest BCUT2D eigenvalue weighted by molar-refractivity contribution is -0.140. The molecule has 0 N–H and O–H groups in total. The molecule has 35 heavy (non-hydrogen) atoms. The van der Waals surface area contributed by atoms with Crippen LogP contribution in [0.25, 0.3) is 10.8 Å². The van der Waals surface area contributed by atoms with Crippen LogP contribution in [0.5, 0.6) is 0 Å². The van der Waals surface area contributed by atoms with Gasteiger partial charge in [-0.2, -0.15) is 0 Å². The first kappa shape index (κ1) is 22.2. The summed E-state index contributed by atoms with van der Waals surface area (Å²) in [5.74, 6) is 1.09. The van der Waals surface area contributed by atoms with Gasteiger partial charge in [0.05, 0.1) is 11.2 Å². The van der Waals surface area contributed by atoms with E-state index in [4.69, 9.17) is 4.74 Å². The van der Waals surface area contributed by atoms with Crippen molar-refractivity contribution in [1.82, 2.24) is 9.88 Å². The maximum absolute atomic E-state index is 13.1. The zero-order valence-electron chi connectivity index (χ0n) is 21.1. The van der Waals surface area contributed by atoms with Gasteiger partial charge in [0.15, 0.2) is 0 Å². The molecule has 0 radical (unpaired) electrons. The summed E-state index contributed by atoms with van der Waals surface area (Å²) in [7, 11) is 2.09. The molecule has 3 fully saturated rings. The minimum Gasteiger partial charge on any atom is -0.359 e. The fraction of sp³-hybridized carbons (Fsp3) is 0.581. The lowest BCUT2D eigenvalue weighted by Gasteiger charge is -2.55. The highest BCUT2D eigenvalue weighted by Crippen LogP contribution is 2.69. The summed E-state index contributed by atoms with van der Waals surface area (Å²) >= 11 is 0. The molecule has 3 heterocycles. The van der Waals surface area contributed by atoms with Gasteiger partial charge in [0.25, 0.3) is 0 Å². The normalized spacial score (nSPS) is 39.7. The first-order valence-electron chi connectivity index (χ1n) is 13.7. The van der Waals surface area contributed by atoms with Crippen molar-refractivity contribution in [3.8, 4) is 0 Å². The van der Waals surface area contributed by atoms with Crippen LogP contribution in [0.4, 0.5) is 4.39 Å². The molecule has 2 spiro atoms. The fourth-order valence-electron chi connectivity index (χ4n) is 8.94. The Morgan fingerprint density at radius 2 is 2.06 bits per heavy atom. The average Bonchev–Trinajstić information content (AvgIpc) is 3.38. The molecule has 1 saturated heterocycles. The third-order valence-electron chi connectivity index (χ3n) is 10.8. The molecule has 5 aliphatic rings. The van der Waals surface area contributed by atoms with Gasteiger partial charge in [-0.1, -0.05) is 31.2 Å². The number of hydrogen-bond donors (Lipinski definition) is 0. The van der Waals surface area contributed by atoms with Crippen molar-refractivity contribution >= 4 is 10.8 Å². The Labute approximate surface area is 208 Å². The average molecular weight is 473 g/mol. The lowest BCUT2D eigenvalue weighted by Crippen LogP contribution is -2.55. The predicted molar refractivity (Wildman–Crippen MR) is 138 cm³/mol. The number of ether oxygens (including phenoxy) is 1. The summed E-state index contributed by atoms with van der Waals surface area (Å²) in [5.41, 5.74) is 4.40. The van der Waals surface area contributed by atoms with Gasteiger partial charge in [-0.05, 0) is 110 Å². The number of pyridine rings is 1. The Bertz CT molecular complexity index is 1240. The highest BCUT2D eigenvalue weighted by atomic mass is 19.1. The zero-order chi connectivity index (χ0) is 23.8. The predicted octanol–water partition coefficient (Wildman–Crippen LogP) is 6.75. The topological polar surface area (TPSA) is 25.4 Å². The molecule has 2 aromatic rings. The van der Waals surface area contributed by atoms with Gasteiger partial charge in [-0.25, -0.2) is 4.39 Å². The van der Waals surface area contributed by atoms with E-state index in [1.165, 1.54) is 40.3 Å². The third kappa shape index (κ3) is 3.05. The van der Waals surface area contributed by atoms with Crippen LogP contribution < -0.4 is 0 Å². The number of rotatable bonds is 4. The maximum atomic E-state index is 13.1. The van der Waals surface area contributed by atoms with Crippen LogP contribution in [0.3, 0.4) is 0 Å². The van der Waals surface area contributed by atoms with Gasteiger partial charge in [0.2, 0.25) is 0 Å².